The Balaban J connectivity index is 0.00000242. The van der Waals surface area contributed by atoms with Crippen LogP contribution in [0.4, 0.5) is 0 Å². The lowest BCUT2D eigenvalue weighted by Crippen LogP contribution is -2.32. The highest BCUT2D eigenvalue weighted by Gasteiger charge is 2.22. The van der Waals surface area contributed by atoms with Crippen LogP contribution in [0.25, 0.3) is 0 Å². The lowest BCUT2D eigenvalue weighted by molar-refractivity contribution is 0.171. The standard InChI is InChI=1S/C13H19ClN2O4S.ClH/c1-2-3-15-4-5-16-21(17,18)13-9-12-11(8-10(13)14)19-6-7-20-12;/h8-9,15-16H,2-7H2,1H3;1H. The molecule has 9 heteroatoms. The van der Waals surface area contributed by atoms with E-state index in [2.05, 4.69) is 10.0 Å². The summed E-state index contributed by atoms with van der Waals surface area (Å²) in [6.45, 7) is 4.58. The van der Waals surface area contributed by atoms with E-state index in [0.717, 1.165) is 13.0 Å². The van der Waals surface area contributed by atoms with Gasteiger partial charge in [0.25, 0.3) is 0 Å². The molecule has 1 aliphatic rings. The van der Waals surface area contributed by atoms with Crippen LogP contribution in [0.3, 0.4) is 0 Å². The molecule has 1 heterocycles. The Hall–Kier alpha value is -0.730. The molecule has 22 heavy (non-hydrogen) atoms. The van der Waals surface area contributed by atoms with Gasteiger partial charge >= 0.3 is 0 Å². The monoisotopic (exact) mass is 370 g/mol. The lowest BCUT2D eigenvalue weighted by Gasteiger charge is -2.19. The fourth-order valence-electron chi connectivity index (χ4n) is 1.90. The maximum absolute atomic E-state index is 12.3. The highest BCUT2D eigenvalue weighted by atomic mass is 35.5. The molecule has 6 nitrogen and oxygen atoms in total. The molecular formula is C13H20Cl2N2O4S. The van der Waals surface area contributed by atoms with Crippen LogP contribution in [-0.2, 0) is 10.0 Å². The van der Waals surface area contributed by atoms with Crippen molar-refractivity contribution in [2.45, 2.75) is 18.2 Å². The predicted molar refractivity (Wildman–Crippen MR) is 88.0 cm³/mol. The van der Waals surface area contributed by atoms with E-state index in [9.17, 15) is 8.42 Å². The van der Waals surface area contributed by atoms with Crippen molar-refractivity contribution in [1.29, 1.82) is 0 Å². The first kappa shape index (κ1) is 19.3. The minimum atomic E-state index is -3.67. The zero-order valence-corrected chi connectivity index (χ0v) is 14.6. The summed E-state index contributed by atoms with van der Waals surface area (Å²) in [6, 6.07) is 2.87. The molecule has 2 N–H and O–H groups in total. The van der Waals surface area contributed by atoms with Gasteiger partial charge < -0.3 is 14.8 Å². The van der Waals surface area contributed by atoms with Crippen LogP contribution in [0, 0.1) is 0 Å². The SMILES string of the molecule is CCCNCCNS(=O)(=O)c1cc2c(cc1Cl)OCCO2.Cl. The van der Waals surface area contributed by atoms with Gasteiger partial charge in [0.15, 0.2) is 11.5 Å². The fraction of sp³-hybridized carbons (Fsp3) is 0.538. The number of ether oxygens (including phenoxy) is 2. The Morgan fingerprint density at radius 1 is 1.14 bits per heavy atom. The van der Waals surface area contributed by atoms with Crippen molar-refractivity contribution in [1.82, 2.24) is 10.0 Å². The highest BCUT2D eigenvalue weighted by molar-refractivity contribution is 7.89. The fourth-order valence-corrected chi connectivity index (χ4v) is 3.47. The van der Waals surface area contributed by atoms with Gasteiger partial charge in [0.1, 0.15) is 18.1 Å². The maximum Gasteiger partial charge on any atom is 0.242 e. The van der Waals surface area contributed by atoms with Gasteiger partial charge in [0.05, 0.1) is 5.02 Å². The molecular weight excluding hydrogens is 351 g/mol. The molecule has 1 aromatic carbocycles. The Morgan fingerprint density at radius 2 is 1.77 bits per heavy atom. The molecule has 0 unspecified atom stereocenters. The first-order valence-corrected chi connectivity index (χ1v) is 8.70. The molecule has 0 fully saturated rings. The second-order valence-electron chi connectivity index (χ2n) is 4.57. The molecule has 0 atom stereocenters. The number of hydrogen-bond donors (Lipinski definition) is 2. The van der Waals surface area contributed by atoms with Gasteiger partial charge in [-0.2, -0.15) is 0 Å². The average molecular weight is 371 g/mol. The summed E-state index contributed by atoms with van der Waals surface area (Å²) >= 11 is 6.04. The topological polar surface area (TPSA) is 76.7 Å². The lowest BCUT2D eigenvalue weighted by atomic mass is 10.3. The number of hydrogen-bond acceptors (Lipinski definition) is 5. The summed E-state index contributed by atoms with van der Waals surface area (Å²) < 4.78 is 37.8. The summed E-state index contributed by atoms with van der Waals surface area (Å²) in [7, 11) is -3.67. The molecule has 1 aliphatic heterocycles. The first-order valence-electron chi connectivity index (χ1n) is 6.84. The van der Waals surface area contributed by atoms with Crippen LogP contribution < -0.4 is 19.5 Å². The Kier molecular flexibility index (Phi) is 7.71. The zero-order valence-electron chi connectivity index (χ0n) is 12.2. The number of halogens is 2. The van der Waals surface area contributed by atoms with Crippen LogP contribution >= 0.6 is 24.0 Å². The minimum Gasteiger partial charge on any atom is -0.486 e. The number of fused-ring (bicyclic) bond motifs is 1. The van der Waals surface area contributed by atoms with Gasteiger partial charge in [-0.05, 0) is 13.0 Å². The van der Waals surface area contributed by atoms with Crippen LogP contribution in [0.1, 0.15) is 13.3 Å². The largest absolute Gasteiger partial charge is 0.486 e. The smallest absolute Gasteiger partial charge is 0.242 e. The van der Waals surface area contributed by atoms with Crippen LogP contribution in [0.2, 0.25) is 5.02 Å². The van der Waals surface area contributed by atoms with Crippen molar-refractivity contribution in [3.05, 3.63) is 17.2 Å². The summed E-state index contributed by atoms with van der Waals surface area (Å²) in [4.78, 5) is 0.00362. The Bertz CT molecular complexity index is 596. The van der Waals surface area contributed by atoms with Crippen molar-refractivity contribution < 1.29 is 17.9 Å². The van der Waals surface area contributed by atoms with Gasteiger partial charge in [0.2, 0.25) is 10.0 Å². The van der Waals surface area contributed by atoms with E-state index in [0.29, 0.717) is 37.8 Å². The van der Waals surface area contributed by atoms with Crippen molar-refractivity contribution in [2.24, 2.45) is 0 Å². The third-order valence-corrected chi connectivity index (χ3v) is 4.83. The molecule has 0 aromatic heterocycles. The molecule has 1 aromatic rings. The summed E-state index contributed by atoms with van der Waals surface area (Å²) in [5.41, 5.74) is 0. The molecule has 0 saturated heterocycles. The van der Waals surface area contributed by atoms with E-state index in [1.165, 1.54) is 12.1 Å². The van der Waals surface area contributed by atoms with Crippen LogP contribution in [0.5, 0.6) is 11.5 Å². The predicted octanol–water partition coefficient (Wildman–Crippen LogP) is 1.81. The normalized spacial score (nSPS) is 13.5. The number of rotatable bonds is 7. The molecule has 0 spiro atoms. The van der Waals surface area contributed by atoms with E-state index in [-0.39, 0.29) is 22.3 Å². The number of sulfonamides is 1. The summed E-state index contributed by atoms with van der Waals surface area (Å²) in [6.07, 6.45) is 1.00. The Labute approximate surface area is 142 Å². The van der Waals surface area contributed by atoms with Gasteiger partial charge in [0, 0.05) is 25.2 Å². The van der Waals surface area contributed by atoms with E-state index < -0.39 is 10.0 Å². The second-order valence-corrected chi connectivity index (χ2v) is 6.72. The molecule has 0 radical (unpaired) electrons. The number of nitrogens with one attached hydrogen (secondary N) is 2. The van der Waals surface area contributed by atoms with E-state index >= 15 is 0 Å². The zero-order chi connectivity index (χ0) is 15.3. The third kappa shape index (κ3) is 4.89. The highest BCUT2D eigenvalue weighted by Crippen LogP contribution is 2.37. The minimum absolute atomic E-state index is 0. The second kappa shape index (κ2) is 8.79. The van der Waals surface area contributed by atoms with Crippen molar-refractivity contribution in [3.63, 3.8) is 0 Å². The molecule has 0 amide bonds. The average Bonchev–Trinajstić information content (AvgIpc) is 2.46. The van der Waals surface area contributed by atoms with Crippen molar-refractivity contribution in [2.75, 3.05) is 32.8 Å². The molecule has 126 valence electrons. The van der Waals surface area contributed by atoms with Crippen molar-refractivity contribution in [3.8, 4) is 11.5 Å². The maximum atomic E-state index is 12.3. The first-order chi connectivity index (χ1) is 10.0. The molecule has 0 saturated carbocycles. The summed E-state index contributed by atoms with van der Waals surface area (Å²) in [5.74, 6) is 0.866. The third-order valence-electron chi connectivity index (χ3n) is 2.91. The van der Waals surface area contributed by atoms with Crippen LogP contribution in [-0.4, -0.2) is 41.3 Å². The number of benzene rings is 1. The van der Waals surface area contributed by atoms with Gasteiger partial charge in [-0.1, -0.05) is 18.5 Å². The quantitative estimate of drug-likeness (QED) is 0.715. The van der Waals surface area contributed by atoms with E-state index in [1.807, 2.05) is 6.92 Å². The van der Waals surface area contributed by atoms with Gasteiger partial charge in [-0.15, -0.1) is 12.4 Å². The van der Waals surface area contributed by atoms with E-state index in [4.69, 9.17) is 21.1 Å². The van der Waals surface area contributed by atoms with Crippen LogP contribution in [0.15, 0.2) is 17.0 Å². The van der Waals surface area contributed by atoms with Crippen molar-refractivity contribution >= 4 is 34.0 Å². The Morgan fingerprint density at radius 3 is 2.41 bits per heavy atom. The molecule has 2 rings (SSSR count). The summed E-state index contributed by atoms with van der Waals surface area (Å²) in [5, 5.41) is 3.24. The van der Waals surface area contributed by atoms with Gasteiger partial charge in [-0.25, -0.2) is 13.1 Å². The molecule has 0 bridgehead atoms. The van der Waals surface area contributed by atoms with Gasteiger partial charge in [-0.3, -0.25) is 0 Å². The molecule has 0 aliphatic carbocycles. The van der Waals surface area contributed by atoms with E-state index in [1.54, 1.807) is 0 Å².